The van der Waals surface area contributed by atoms with E-state index >= 15 is 0 Å². The van der Waals surface area contributed by atoms with E-state index in [-0.39, 0.29) is 38.8 Å². The van der Waals surface area contributed by atoms with Crippen LogP contribution in [0.5, 0.6) is 0 Å². The number of primary amides is 2. The molecule has 0 unspecified atom stereocenters. The van der Waals surface area contributed by atoms with Gasteiger partial charge in [0.2, 0.25) is 53.2 Å². The van der Waals surface area contributed by atoms with Gasteiger partial charge in [0.15, 0.2) is 0 Å². The maximum atomic E-state index is 14.1. The number of aliphatic hydroxyl groups is 1. The lowest BCUT2D eigenvalue weighted by Crippen LogP contribution is -2.62. The summed E-state index contributed by atoms with van der Waals surface area (Å²) in [5.74, 6) is -10.2. The monoisotopic (exact) mass is 913 g/mol. The van der Waals surface area contributed by atoms with Crippen LogP contribution in [-0.2, 0) is 47.9 Å². The van der Waals surface area contributed by atoms with Crippen LogP contribution >= 0.6 is 0 Å². The number of nitrogens with zero attached hydrogens (tertiary/aromatic N) is 1. The molecule has 0 aliphatic carbocycles. The lowest BCUT2D eigenvalue weighted by Gasteiger charge is -2.32. The normalized spacial score (nSPS) is 17.4. The van der Waals surface area contributed by atoms with Gasteiger partial charge in [-0.05, 0) is 83.2 Å². The average Bonchev–Trinajstić information content (AvgIpc) is 3.71. The number of unbranched alkanes of at least 4 members (excludes halogenated alkanes) is 2. The van der Waals surface area contributed by atoms with Gasteiger partial charge in [0.05, 0.1) is 18.6 Å². The van der Waals surface area contributed by atoms with Gasteiger partial charge in [-0.1, -0.05) is 34.1 Å². The first-order valence-electron chi connectivity index (χ1n) is 21.7. The van der Waals surface area contributed by atoms with Crippen LogP contribution < -0.4 is 60.6 Å². The summed E-state index contributed by atoms with van der Waals surface area (Å²) < 4.78 is 0. The van der Waals surface area contributed by atoms with E-state index in [0.29, 0.717) is 38.6 Å². The molecule has 0 bridgehead atoms. The van der Waals surface area contributed by atoms with Crippen LogP contribution in [0.4, 0.5) is 0 Å². The van der Waals surface area contributed by atoms with Crippen LogP contribution in [0.15, 0.2) is 0 Å². The van der Waals surface area contributed by atoms with Gasteiger partial charge < -0.3 is 75.7 Å². The summed E-state index contributed by atoms with van der Waals surface area (Å²) in [6, 6.07) is -10.8. The van der Waals surface area contributed by atoms with Crippen LogP contribution in [0.2, 0.25) is 0 Å². The highest BCUT2D eigenvalue weighted by atomic mass is 16.4. The van der Waals surface area contributed by atoms with Crippen molar-refractivity contribution < 1.29 is 58.2 Å². The van der Waals surface area contributed by atoms with Gasteiger partial charge in [-0.2, -0.15) is 0 Å². The fourth-order valence-electron chi connectivity index (χ4n) is 6.87. The molecule has 0 aromatic rings. The first kappa shape index (κ1) is 56.6. The lowest BCUT2D eigenvalue weighted by molar-refractivity contribution is -0.144. The van der Waals surface area contributed by atoms with Crippen LogP contribution in [-0.4, -0.2) is 148 Å². The molecule has 18 N–H and O–H groups in total. The fourth-order valence-corrected chi connectivity index (χ4v) is 6.87. The molecule has 9 amide bonds. The van der Waals surface area contributed by atoms with E-state index in [2.05, 4.69) is 31.9 Å². The van der Waals surface area contributed by atoms with Crippen molar-refractivity contribution in [3.63, 3.8) is 0 Å². The molecule has 64 heavy (non-hydrogen) atoms. The van der Waals surface area contributed by atoms with Crippen molar-refractivity contribution in [2.45, 2.75) is 160 Å². The highest BCUT2D eigenvalue weighted by Crippen LogP contribution is 2.20. The van der Waals surface area contributed by atoms with E-state index < -0.39 is 138 Å². The Morgan fingerprint density at radius 2 is 1.11 bits per heavy atom. The number of likely N-dealkylation sites (tertiary alicyclic amines) is 1. The molecule has 1 saturated heterocycles. The van der Waals surface area contributed by atoms with Crippen molar-refractivity contribution in [2.75, 3.05) is 19.6 Å². The SMILES string of the molecule is CC(C)[C@H](NC(=O)[C@@H](NC(=O)[C@@H](N)CCCCN)C(C)C)C(=O)N[C@@H](CC(N)=O)C(=O)N1CCC[C@H]1C(=O)N[C@H](C(=O)N[C@@H](CCC(N)=O)C(=O)N[C@@H](CCCCN)C(=O)O)[C@@H](C)O. The third kappa shape index (κ3) is 19.1. The molecule has 9 atom stereocenters. The number of carbonyl (C=O) groups is 10. The Morgan fingerprint density at radius 1 is 0.609 bits per heavy atom. The van der Waals surface area contributed by atoms with Gasteiger partial charge >= 0.3 is 5.97 Å². The van der Waals surface area contributed by atoms with Crippen molar-refractivity contribution in [3.8, 4) is 0 Å². The van der Waals surface area contributed by atoms with Gasteiger partial charge in [0.25, 0.3) is 0 Å². The first-order valence-corrected chi connectivity index (χ1v) is 21.7. The van der Waals surface area contributed by atoms with Gasteiger partial charge in [-0.15, -0.1) is 0 Å². The van der Waals surface area contributed by atoms with E-state index in [9.17, 15) is 58.2 Å². The van der Waals surface area contributed by atoms with E-state index in [4.69, 9.17) is 28.7 Å². The number of amides is 9. The molecule has 1 fully saturated rings. The molecule has 24 nitrogen and oxygen atoms in total. The molecule has 1 heterocycles. The molecule has 0 radical (unpaired) electrons. The predicted octanol–water partition coefficient (Wildman–Crippen LogP) is -4.61. The summed E-state index contributed by atoms with van der Waals surface area (Å²) in [6.45, 7) is 8.45. The summed E-state index contributed by atoms with van der Waals surface area (Å²) in [6.07, 6.45) is -0.271. The molecular weight excluding hydrogens is 841 g/mol. The molecule has 1 rings (SSSR count). The molecule has 1 aliphatic heterocycles. The van der Waals surface area contributed by atoms with E-state index in [1.165, 1.54) is 0 Å². The summed E-state index contributed by atoms with van der Waals surface area (Å²) >= 11 is 0. The summed E-state index contributed by atoms with van der Waals surface area (Å²) in [7, 11) is 0. The van der Waals surface area contributed by atoms with Gasteiger partial charge in [-0.25, -0.2) is 4.79 Å². The standard InChI is InChI=1S/C40H72N12O12/c1-20(2)30(50-37(60)31(21(3)4)49-33(56)23(43)11-6-8-16-41)36(59)48-26(19-29(45)55)39(62)52-18-10-13-27(52)35(58)51-32(22(5)53)38(61)46-24(14-15-28(44)54)34(57)47-25(40(63)64)12-7-9-17-42/h20-27,30-32,53H,6-19,41-43H2,1-5H3,(H2,44,54)(H2,45,55)(H,46,61)(H,47,57)(H,48,59)(H,49,56)(H,50,60)(H,51,58)(H,63,64)/t22-,23+,24+,25+,26+,27+,30+,31+,32+/m1/s1. The van der Waals surface area contributed by atoms with Crippen LogP contribution in [0.25, 0.3) is 0 Å². The van der Waals surface area contributed by atoms with Gasteiger partial charge in [-0.3, -0.25) is 43.2 Å². The molecule has 0 saturated carbocycles. The highest BCUT2D eigenvalue weighted by molar-refractivity contribution is 5.99. The van der Waals surface area contributed by atoms with Crippen molar-refractivity contribution >= 4 is 59.1 Å². The van der Waals surface area contributed by atoms with Crippen LogP contribution in [0, 0.1) is 11.8 Å². The molecule has 0 spiro atoms. The Morgan fingerprint density at radius 3 is 1.61 bits per heavy atom. The zero-order chi connectivity index (χ0) is 48.8. The number of carbonyl (C=O) groups excluding carboxylic acids is 9. The Labute approximate surface area is 373 Å². The van der Waals surface area contributed by atoms with Crippen LogP contribution in [0.1, 0.15) is 105 Å². The number of hydrogen-bond acceptors (Lipinski definition) is 14. The quantitative estimate of drug-likeness (QED) is 0.0302. The van der Waals surface area contributed by atoms with E-state index in [0.717, 1.165) is 11.8 Å². The largest absolute Gasteiger partial charge is 0.480 e. The number of hydrogen-bond donors (Lipinski definition) is 13. The smallest absolute Gasteiger partial charge is 0.326 e. The van der Waals surface area contributed by atoms with Gasteiger partial charge in [0.1, 0.15) is 42.3 Å². The minimum atomic E-state index is -1.74. The first-order chi connectivity index (χ1) is 30.0. The minimum Gasteiger partial charge on any atom is -0.480 e. The highest BCUT2D eigenvalue weighted by Gasteiger charge is 2.41. The predicted molar refractivity (Wildman–Crippen MR) is 231 cm³/mol. The molecule has 1 aliphatic rings. The zero-order valence-corrected chi connectivity index (χ0v) is 37.6. The lowest BCUT2D eigenvalue weighted by atomic mass is 9.98. The Balaban J connectivity index is 3.26. The Bertz CT molecular complexity index is 1630. The Kier molecular flexibility index (Phi) is 25.1. The third-order valence-electron chi connectivity index (χ3n) is 10.6. The Hall–Kier alpha value is -5.46. The summed E-state index contributed by atoms with van der Waals surface area (Å²) in [4.78, 5) is 131. The van der Waals surface area contributed by atoms with Crippen molar-refractivity contribution in [3.05, 3.63) is 0 Å². The number of carboxylic acids is 1. The van der Waals surface area contributed by atoms with Crippen LogP contribution in [0.3, 0.4) is 0 Å². The minimum absolute atomic E-state index is 0.0168. The number of carboxylic acid groups (broad SMARTS) is 1. The van der Waals surface area contributed by atoms with Crippen molar-refractivity contribution in [2.24, 2.45) is 40.5 Å². The maximum absolute atomic E-state index is 14.1. The number of rotatable bonds is 30. The number of aliphatic hydroxyl groups excluding tert-OH is 1. The average molecular weight is 913 g/mol. The second-order valence-electron chi connectivity index (χ2n) is 16.7. The second-order valence-corrected chi connectivity index (χ2v) is 16.7. The summed E-state index contributed by atoms with van der Waals surface area (Å²) in [5.41, 5.74) is 27.7. The molecule has 24 heteroatoms. The number of nitrogens with one attached hydrogen (secondary N) is 6. The second kappa shape index (κ2) is 28.4. The third-order valence-corrected chi connectivity index (χ3v) is 10.6. The number of nitrogens with two attached hydrogens (primary N) is 5. The van der Waals surface area contributed by atoms with Gasteiger partial charge in [0, 0.05) is 13.0 Å². The van der Waals surface area contributed by atoms with Crippen molar-refractivity contribution in [1.82, 2.24) is 36.8 Å². The topological polar surface area (TPSA) is 417 Å². The van der Waals surface area contributed by atoms with Crippen molar-refractivity contribution in [1.29, 1.82) is 0 Å². The van der Waals surface area contributed by atoms with E-state index in [1.807, 2.05) is 0 Å². The fraction of sp³-hybridized carbons (Fsp3) is 0.750. The maximum Gasteiger partial charge on any atom is 0.326 e. The molecule has 364 valence electrons. The molecule has 0 aromatic heterocycles. The molecular formula is C40H72N12O12. The van der Waals surface area contributed by atoms with E-state index in [1.54, 1.807) is 27.7 Å². The number of aliphatic carboxylic acids is 1. The summed E-state index contributed by atoms with van der Waals surface area (Å²) in [5, 5.41) is 35.0. The zero-order valence-electron chi connectivity index (χ0n) is 37.6. The molecule has 0 aromatic carbocycles.